The SMILES string of the molecule is CCC([B]O)(CC)C(C)OC(C)(C)P(=O)(O)O. The van der Waals surface area contributed by atoms with Crippen LogP contribution in [-0.2, 0) is 9.30 Å². The van der Waals surface area contributed by atoms with Crippen LogP contribution in [0.5, 0.6) is 0 Å². The minimum Gasteiger partial charge on any atom is -0.454 e. The quantitative estimate of drug-likeness (QED) is 0.483. The second-order valence-corrected chi connectivity index (χ2v) is 6.99. The van der Waals surface area contributed by atoms with Crippen molar-refractivity contribution in [1.29, 1.82) is 0 Å². The van der Waals surface area contributed by atoms with Crippen molar-refractivity contribution in [3.05, 3.63) is 0 Å². The molecule has 0 rings (SSSR count). The van der Waals surface area contributed by atoms with Crippen LogP contribution in [0.3, 0.4) is 0 Å². The van der Waals surface area contributed by atoms with Gasteiger partial charge in [-0.2, -0.15) is 0 Å². The fourth-order valence-corrected chi connectivity index (χ4v) is 2.03. The van der Waals surface area contributed by atoms with Gasteiger partial charge in [0.15, 0.2) is 5.34 Å². The molecule has 1 unspecified atom stereocenters. The molecule has 0 bridgehead atoms. The van der Waals surface area contributed by atoms with Crippen LogP contribution in [0.1, 0.15) is 47.5 Å². The molecule has 0 aromatic carbocycles. The molecule has 0 saturated heterocycles. The zero-order valence-electron chi connectivity index (χ0n) is 11.2. The van der Waals surface area contributed by atoms with Gasteiger partial charge in [0.05, 0.1) is 6.10 Å². The summed E-state index contributed by atoms with van der Waals surface area (Å²) < 4.78 is 16.8. The molecule has 101 valence electrons. The molecule has 0 aromatic rings. The van der Waals surface area contributed by atoms with Crippen LogP contribution in [0.2, 0.25) is 5.31 Å². The van der Waals surface area contributed by atoms with Crippen molar-refractivity contribution >= 4 is 15.1 Å². The maximum atomic E-state index is 11.3. The predicted molar refractivity (Wildman–Crippen MR) is 67.9 cm³/mol. The molecule has 0 aliphatic heterocycles. The fourth-order valence-electron chi connectivity index (χ4n) is 1.73. The van der Waals surface area contributed by atoms with Crippen LogP contribution in [0.25, 0.3) is 0 Å². The van der Waals surface area contributed by atoms with Crippen LogP contribution >= 0.6 is 7.60 Å². The maximum absolute atomic E-state index is 11.3. The Morgan fingerprint density at radius 2 is 1.71 bits per heavy atom. The van der Waals surface area contributed by atoms with Crippen molar-refractivity contribution in [2.24, 2.45) is 0 Å². The molecule has 0 heterocycles. The molecule has 0 aromatic heterocycles. The molecule has 1 atom stereocenters. The molecular formula is C10H23BO5P. The summed E-state index contributed by atoms with van der Waals surface area (Å²) in [5, 5.41) is 7.22. The number of ether oxygens (including phenoxy) is 1. The lowest BCUT2D eigenvalue weighted by molar-refractivity contribution is -0.0507. The standard InChI is InChI=1S/C10H23BO5P/c1-6-10(7-2,11-12)8(3)16-9(4,5)17(13,14)15/h8,12H,6-7H2,1-5H3,(H2,13,14,15). The van der Waals surface area contributed by atoms with Gasteiger partial charge < -0.3 is 19.5 Å². The van der Waals surface area contributed by atoms with E-state index in [-0.39, 0.29) is 0 Å². The van der Waals surface area contributed by atoms with Crippen LogP contribution in [-0.4, -0.2) is 33.7 Å². The molecule has 1 radical (unpaired) electrons. The Morgan fingerprint density at radius 1 is 1.29 bits per heavy atom. The van der Waals surface area contributed by atoms with E-state index in [1.54, 1.807) is 6.92 Å². The average Bonchev–Trinajstić information content (AvgIpc) is 2.18. The van der Waals surface area contributed by atoms with Gasteiger partial charge in [-0.25, -0.2) is 0 Å². The van der Waals surface area contributed by atoms with Gasteiger partial charge in [0.1, 0.15) is 0 Å². The van der Waals surface area contributed by atoms with E-state index in [1.807, 2.05) is 13.8 Å². The largest absolute Gasteiger partial charge is 0.454 e. The summed E-state index contributed by atoms with van der Waals surface area (Å²) in [5.41, 5.74) is 0. The van der Waals surface area contributed by atoms with E-state index in [0.717, 1.165) is 7.48 Å². The third-order valence-electron chi connectivity index (χ3n) is 3.55. The lowest BCUT2D eigenvalue weighted by Gasteiger charge is -2.39. The zero-order valence-corrected chi connectivity index (χ0v) is 12.1. The van der Waals surface area contributed by atoms with Gasteiger partial charge in [0.25, 0.3) is 7.48 Å². The highest BCUT2D eigenvalue weighted by Gasteiger charge is 2.44. The van der Waals surface area contributed by atoms with E-state index in [0.29, 0.717) is 12.8 Å². The van der Waals surface area contributed by atoms with Crippen LogP contribution in [0.15, 0.2) is 0 Å². The molecule has 0 aliphatic rings. The number of hydrogen-bond donors (Lipinski definition) is 3. The van der Waals surface area contributed by atoms with Crippen molar-refractivity contribution in [3.8, 4) is 0 Å². The highest BCUT2D eigenvalue weighted by atomic mass is 31.2. The molecule has 0 saturated carbocycles. The van der Waals surface area contributed by atoms with Gasteiger partial charge in [-0.1, -0.05) is 26.7 Å². The normalized spacial score (nSPS) is 15.8. The van der Waals surface area contributed by atoms with E-state index in [4.69, 9.17) is 4.74 Å². The van der Waals surface area contributed by atoms with Crippen LogP contribution < -0.4 is 0 Å². The third-order valence-corrected chi connectivity index (χ3v) is 5.06. The minimum atomic E-state index is -4.34. The van der Waals surface area contributed by atoms with Gasteiger partial charge in [0, 0.05) is 0 Å². The molecule has 17 heavy (non-hydrogen) atoms. The average molecular weight is 265 g/mol. The van der Waals surface area contributed by atoms with Gasteiger partial charge in [-0.15, -0.1) is 0 Å². The summed E-state index contributed by atoms with van der Waals surface area (Å²) in [7, 11) is -3.26. The summed E-state index contributed by atoms with van der Waals surface area (Å²) in [4.78, 5) is 18.4. The summed E-state index contributed by atoms with van der Waals surface area (Å²) in [5.74, 6) is 0. The van der Waals surface area contributed by atoms with E-state index >= 15 is 0 Å². The Morgan fingerprint density at radius 3 is 1.94 bits per heavy atom. The first kappa shape index (κ1) is 17.1. The van der Waals surface area contributed by atoms with E-state index in [2.05, 4.69) is 0 Å². The van der Waals surface area contributed by atoms with Crippen LogP contribution in [0, 0.1) is 0 Å². The Kier molecular flexibility index (Phi) is 5.90. The van der Waals surface area contributed by atoms with Gasteiger partial charge in [0.2, 0.25) is 0 Å². The van der Waals surface area contributed by atoms with Gasteiger partial charge in [-0.3, -0.25) is 4.57 Å². The molecule has 5 nitrogen and oxygen atoms in total. The summed E-state index contributed by atoms with van der Waals surface area (Å²) in [6.07, 6.45) is 0.793. The molecule has 0 aliphatic carbocycles. The highest BCUT2D eigenvalue weighted by Crippen LogP contribution is 2.53. The summed E-state index contributed by atoms with van der Waals surface area (Å²) in [6, 6.07) is 0. The molecule has 3 N–H and O–H groups in total. The smallest absolute Gasteiger partial charge is 0.356 e. The first-order valence-corrected chi connectivity index (χ1v) is 7.39. The number of rotatable bonds is 7. The monoisotopic (exact) mass is 265 g/mol. The molecule has 7 heteroatoms. The van der Waals surface area contributed by atoms with Crippen molar-refractivity contribution in [3.63, 3.8) is 0 Å². The van der Waals surface area contributed by atoms with Crippen molar-refractivity contribution < 1.29 is 24.1 Å². The Hall–Kier alpha value is 0.135. The van der Waals surface area contributed by atoms with Crippen LogP contribution in [0.4, 0.5) is 0 Å². The Bertz CT molecular complexity index is 276. The Labute approximate surface area is 104 Å². The minimum absolute atomic E-state index is 0.481. The fraction of sp³-hybridized carbons (Fsp3) is 1.00. The molecular weight excluding hydrogens is 242 g/mol. The second kappa shape index (κ2) is 5.85. The van der Waals surface area contributed by atoms with Gasteiger partial charge in [-0.05, 0) is 26.1 Å². The van der Waals surface area contributed by atoms with Crippen molar-refractivity contribution in [2.45, 2.75) is 64.2 Å². The molecule has 0 fully saturated rings. The van der Waals surface area contributed by atoms with Crippen molar-refractivity contribution in [2.75, 3.05) is 0 Å². The highest BCUT2D eigenvalue weighted by molar-refractivity contribution is 7.53. The lowest BCUT2D eigenvalue weighted by atomic mass is 9.57. The molecule has 0 spiro atoms. The topological polar surface area (TPSA) is 87.0 Å². The summed E-state index contributed by atoms with van der Waals surface area (Å²) in [6.45, 7) is 8.24. The van der Waals surface area contributed by atoms with E-state index in [1.165, 1.54) is 13.8 Å². The number of hydrogen-bond acceptors (Lipinski definition) is 3. The van der Waals surface area contributed by atoms with E-state index < -0.39 is 24.4 Å². The lowest BCUT2D eigenvalue weighted by Crippen LogP contribution is -2.39. The maximum Gasteiger partial charge on any atom is 0.356 e. The van der Waals surface area contributed by atoms with Gasteiger partial charge >= 0.3 is 7.60 Å². The summed E-state index contributed by atoms with van der Waals surface area (Å²) >= 11 is 0. The second-order valence-electron chi connectivity index (χ2n) is 4.82. The zero-order chi connectivity index (χ0) is 13.9. The van der Waals surface area contributed by atoms with Crippen molar-refractivity contribution in [1.82, 2.24) is 0 Å². The van der Waals surface area contributed by atoms with E-state index in [9.17, 15) is 19.4 Å². The first-order valence-electron chi connectivity index (χ1n) is 5.78. The molecule has 0 amide bonds. The predicted octanol–water partition coefficient (Wildman–Crippen LogP) is 1.90. The third kappa shape index (κ3) is 3.80. The Balaban J connectivity index is 4.96. The first-order chi connectivity index (χ1) is 7.56.